The number of allylic oxidation sites excluding steroid dienone is 4. The maximum atomic E-state index is 3.97. The molecule has 0 heteroatoms. The molecule has 1 atom stereocenters. The summed E-state index contributed by atoms with van der Waals surface area (Å²) in [5, 5.41) is 0. The molecule has 60 valence electrons. The fourth-order valence-corrected chi connectivity index (χ4v) is 1.47. The van der Waals surface area contributed by atoms with Crippen molar-refractivity contribution in [2.24, 2.45) is 5.92 Å². The first-order chi connectivity index (χ1) is 5.24. The van der Waals surface area contributed by atoms with Crippen LogP contribution in [-0.4, -0.2) is 0 Å². The summed E-state index contributed by atoms with van der Waals surface area (Å²) in [5.41, 5.74) is 2.73. The average Bonchev–Trinajstić information content (AvgIpc) is 2.05. The third kappa shape index (κ3) is 2.07. The van der Waals surface area contributed by atoms with E-state index in [1.165, 1.54) is 24.0 Å². The molecule has 0 unspecified atom stereocenters. The first-order valence-electron chi connectivity index (χ1n) is 4.21. The Morgan fingerprint density at radius 1 is 1.73 bits per heavy atom. The molecule has 0 spiro atoms. The second kappa shape index (κ2) is 3.56. The molecule has 0 fully saturated rings. The van der Waals surface area contributed by atoms with Crippen molar-refractivity contribution in [2.75, 3.05) is 0 Å². The lowest BCUT2D eigenvalue weighted by Crippen LogP contribution is -2.05. The summed E-state index contributed by atoms with van der Waals surface area (Å²) < 4.78 is 0. The fourth-order valence-electron chi connectivity index (χ4n) is 1.47. The largest absolute Gasteiger partial charge is 0.0988 e. The number of rotatable bonds is 2. The average molecular weight is 148 g/mol. The Labute approximate surface area is 69.3 Å². The van der Waals surface area contributed by atoms with Gasteiger partial charge in [0.25, 0.3) is 0 Å². The molecule has 0 aromatic carbocycles. The van der Waals surface area contributed by atoms with Gasteiger partial charge in [0.15, 0.2) is 0 Å². The molecule has 0 heterocycles. The molecule has 0 N–H and O–H groups in total. The van der Waals surface area contributed by atoms with Gasteiger partial charge in [0.1, 0.15) is 0 Å². The van der Waals surface area contributed by atoms with E-state index >= 15 is 0 Å². The highest BCUT2D eigenvalue weighted by Crippen LogP contribution is 2.28. The van der Waals surface area contributed by atoms with Crippen LogP contribution in [0.1, 0.15) is 26.2 Å². The van der Waals surface area contributed by atoms with E-state index < -0.39 is 0 Å². The molecule has 0 aromatic rings. The van der Waals surface area contributed by atoms with Crippen molar-refractivity contribution in [3.8, 4) is 0 Å². The van der Waals surface area contributed by atoms with Gasteiger partial charge in [0.2, 0.25) is 0 Å². The normalized spacial score (nSPS) is 24.1. The van der Waals surface area contributed by atoms with E-state index in [-0.39, 0.29) is 0 Å². The van der Waals surface area contributed by atoms with Crippen LogP contribution in [0.5, 0.6) is 0 Å². The maximum Gasteiger partial charge on any atom is -0.0130 e. The van der Waals surface area contributed by atoms with Crippen LogP contribution in [0.3, 0.4) is 0 Å². The predicted molar refractivity (Wildman–Crippen MR) is 50.4 cm³/mol. The van der Waals surface area contributed by atoms with E-state index in [2.05, 4.69) is 26.2 Å². The van der Waals surface area contributed by atoms with Crippen molar-refractivity contribution in [2.45, 2.75) is 26.2 Å². The SMILES string of the molecule is C=CC(=C)[C@H]1CC=C(C)CC1. The van der Waals surface area contributed by atoms with Crippen molar-refractivity contribution >= 4 is 0 Å². The topological polar surface area (TPSA) is 0 Å². The van der Waals surface area contributed by atoms with E-state index in [1.807, 2.05) is 6.08 Å². The highest BCUT2D eigenvalue weighted by Gasteiger charge is 2.12. The minimum absolute atomic E-state index is 0.663. The molecule has 0 aliphatic heterocycles. The molecule has 0 saturated heterocycles. The first-order valence-corrected chi connectivity index (χ1v) is 4.21. The second-order valence-corrected chi connectivity index (χ2v) is 3.30. The molecular weight excluding hydrogens is 132 g/mol. The summed E-state index contributed by atoms with van der Waals surface area (Å²) in [5.74, 6) is 0.663. The lowest BCUT2D eigenvalue weighted by Gasteiger charge is -2.20. The predicted octanol–water partition coefficient (Wildman–Crippen LogP) is 3.48. The van der Waals surface area contributed by atoms with E-state index in [0.717, 1.165) is 6.42 Å². The minimum Gasteiger partial charge on any atom is -0.0988 e. The summed E-state index contributed by atoms with van der Waals surface area (Å²) >= 11 is 0. The molecule has 0 saturated carbocycles. The summed E-state index contributed by atoms with van der Waals surface area (Å²) in [4.78, 5) is 0. The van der Waals surface area contributed by atoms with Crippen molar-refractivity contribution in [1.29, 1.82) is 0 Å². The van der Waals surface area contributed by atoms with Gasteiger partial charge in [-0.15, -0.1) is 0 Å². The van der Waals surface area contributed by atoms with Gasteiger partial charge in [-0.2, -0.15) is 0 Å². The van der Waals surface area contributed by atoms with Crippen LogP contribution in [0.4, 0.5) is 0 Å². The fraction of sp³-hybridized carbons (Fsp3) is 0.455. The van der Waals surface area contributed by atoms with Crippen LogP contribution < -0.4 is 0 Å². The summed E-state index contributed by atoms with van der Waals surface area (Å²) in [6, 6.07) is 0. The lowest BCUT2D eigenvalue weighted by atomic mass is 9.85. The molecule has 1 rings (SSSR count). The Bertz CT molecular complexity index is 196. The smallest absolute Gasteiger partial charge is 0.0130 e. The highest BCUT2D eigenvalue weighted by atomic mass is 14.2. The highest BCUT2D eigenvalue weighted by molar-refractivity contribution is 5.19. The monoisotopic (exact) mass is 148 g/mol. The van der Waals surface area contributed by atoms with Crippen LogP contribution in [0.25, 0.3) is 0 Å². The number of hydrogen-bond acceptors (Lipinski definition) is 0. The Kier molecular flexibility index (Phi) is 2.70. The van der Waals surface area contributed by atoms with Gasteiger partial charge in [0.05, 0.1) is 0 Å². The van der Waals surface area contributed by atoms with E-state index in [4.69, 9.17) is 0 Å². The van der Waals surface area contributed by atoms with Crippen LogP contribution in [0.15, 0.2) is 36.5 Å². The third-order valence-electron chi connectivity index (χ3n) is 2.42. The van der Waals surface area contributed by atoms with E-state index in [1.54, 1.807) is 0 Å². The first kappa shape index (κ1) is 8.32. The standard InChI is InChI=1S/C11H16/c1-4-10(3)11-7-5-9(2)6-8-11/h4-5,11H,1,3,6-8H2,2H3/t11-/m0/s1. The van der Waals surface area contributed by atoms with Gasteiger partial charge < -0.3 is 0 Å². The van der Waals surface area contributed by atoms with Crippen molar-refractivity contribution in [3.63, 3.8) is 0 Å². The van der Waals surface area contributed by atoms with Gasteiger partial charge in [-0.1, -0.05) is 36.5 Å². The van der Waals surface area contributed by atoms with Crippen molar-refractivity contribution in [1.82, 2.24) is 0 Å². The van der Waals surface area contributed by atoms with Crippen LogP contribution in [0, 0.1) is 5.92 Å². The Morgan fingerprint density at radius 2 is 2.45 bits per heavy atom. The van der Waals surface area contributed by atoms with Gasteiger partial charge in [0, 0.05) is 0 Å². The molecule has 0 nitrogen and oxygen atoms in total. The molecule has 0 radical (unpaired) electrons. The maximum absolute atomic E-state index is 3.97. The van der Waals surface area contributed by atoms with Crippen LogP contribution in [0.2, 0.25) is 0 Å². The minimum atomic E-state index is 0.663. The summed E-state index contributed by atoms with van der Waals surface area (Å²) in [6.45, 7) is 9.91. The van der Waals surface area contributed by atoms with Gasteiger partial charge in [-0.25, -0.2) is 0 Å². The number of hydrogen-bond donors (Lipinski definition) is 0. The zero-order valence-corrected chi connectivity index (χ0v) is 7.27. The molecule has 1 aliphatic rings. The Hall–Kier alpha value is -0.780. The third-order valence-corrected chi connectivity index (χ3v) is 2.42. The molecule has 0 amide bonds. The molecule has 1 aliphatic carbocycles. The molecule has 11 heavy (non-hydrogen) atoms. The van der Waals surface area contributed by atoms with Crippen molar-refractivity contribution < 1.29 is 0 Å². The quantitative estimate of drug-likeness (QED) is 0.415. The van der Waals surface area contributed by atoms with Crippen molar-refractivity contribution in [3.05, 3.63) is 36.5 Å². The molecule has 0 bridgehead atoms. The van der Waals surface area contributed by atoms with E-state index in [0.29, 0.717) is 5.92 Å². The molecular formula is C11H16. The van der Waals surface area contributed by atoms with Gasteiger partial charge >= 0.3 is 0 Å². The summed E-state index contributed by atoms with van der Waals surface area (Å²) in [7, 11) is 0. The lowest BCUT2D eigenvalue weighted by molar-refractivity contribution is 0.550. The molecule has 0 aromatic heterocycles. The van der Waals surface area contributed by atoms with Crippen LogP contribution >= 0.6 is 0 Å². The summed E-state index contributed by atoms with van der Waals surface area (Å²) in [6.07, 6.45) is 7.86. The van der Waals surface area contributed by atoms with Gasteiger partial charge in [-0.3, -0.25) is 0 Å². The van der Waals surface area contributed by atoms with E-state index in [9.17, 15) is 0 Å². The van der Waals surface area contributed by atoms with Gasteiger partial charge in [-0.05, 0) is 32.1 Å². The zero-order valence-electron chi connectivity index (χ0n) is 7.27. The Balaban J connectivity index is 2.53. The Morgan fingerprint density at radius 3 is 2.91 bits per heavy atom. The van der Waals surface area contributed by atoms with Crippen LogP contribution in [-0.2, 0) is 0 Å². The second-order valence-electron chi connectivity index (χ2n) is 3.30. The zero-order chi connectivity index (χ0) is 8.27.